The Balaban J connectivity index is 1.93. The lowest BCUT2D eigenvalue weighted by atomic mass is 10.2. The van der Waals surface area contributed by atoms with Crippen LogP contribution in [0.2, 0.25) is 0 Å². The number of halogens is 1. The normalized spacial score (nSPS) is 16.2. The first kappa shape index (κ1) is 13.6. The van der Waals surface area contributed by atoms with Crippen molar-refractivity contribution in [3.8, 4) is 0 Å². The zero-order chi connectivity index (χ0) is 13.0. The summed E-state index contributed by atoms with van der Waals surface area (Å²) in [5.74, 6) is 1.61. The van der Waals surface area contributed by atoms with Gasteiger partial charge in [0.2, 0.25) is 0 Å². The largest absolute Gasteiger partial charge is 0.358 e. The zero-order valence-corrected chi connectivity index (χ0v) is 12.1. The second-order valence-corrected chi connectivity index (χ2v) is 5.36. The van der Waals surface area contributed by atoms with E-state index in [1.807, 2.05) is 6.20 Å². The molecule has 0 amide bonds. The van der Waals surface area contributed by atoms with Gasteiger partial charge < -0.3 is 9.80 Å². The topological polar surface area (TPSA) is 19.4 Å². The Kier molecular flexibility index (Phi) is 4.84. The first-order valence-corrected chi connectivity index (χ1v) is 7.19. The molecule has 2 rings (SSSR count). The van der Waals surface area contributed by atoms with Gasteiger partial charge in [0, 0.05) is 32.2 Å². The summed E-state index contributed by atoms with van der Waals surface area (Å²) in [5.41, 5.74) is 2.29. The molecule has 1 saturated heterocycles. The van der Waals surface area contributed by atoms with Gasteiger partial charge in [-0.1, -0.05) is 0 Å². The Bertz CT molecular complexity index is 389. The van der Waals surface area contributed by atoms with Crippen molar-refractivity contribution in [2.45, 2.75) is 25.6 Å². The first-order valence-electron chi connectivity index (χ1n) is 6.65. The first-order chi connectivity index (χ1) is 8.70. The van der Waals surface area contributed by atoms with E-state index in [4.69, 9.17) is 11.6 Å². The smallest absolute Gasteiger partial charge is 0.131 e. The van der Waals surface area contributed by atoms with E-state index in [1.54, 1.807) is 0 Å². The minimum atomic E-state index is 0.533. The molecule has 0 saturated carbocycles. The number of aromatic nitrogens is 1. The van der Waals surface area contributed by atoms with Crippen molar-refractivity contribution < 1.29 is 0 Å². The van der Waals surface area contributed by atoms with E-state index in [-0.39, 0.29) is 0 Å². The number of rotatable bonds is 5. The second kappa shape index (κ2) is 6.39. The fraction of sp³-hybridized carbons (Fsp3) is 0.643. The molecule has 3 nitrogen and oxygen atoms in total. The highest BCUT2D eigenvalue weighted by atomic mass is 35.5. The number of anilines is 1. The average molecular weight is 268 g/mol. The molecule has 0 aromatic carbocycles. The molecule has 0 spiro atoms. The SMILES string of the molecule is Cc1cc(CCl)cnc1N(C)CCN1CCCC1. The van der Waals surface area contributed by atoms with Gasteiger partial charge in [0.05, 0.1) is 0 Å². The van der Waals surface area contributed by atoms with Gasteiger partial charge in [0.15, 0.2) is 0 Å². The molecule has 4 heteroatoms. The van der Waals surface area contributed by atoms with Crippen molar-refractivity contribution in [2.75, 3.05) is 38.1 Å². The molecule has 0 radical (unpaired) electrons. The minimum absolute atomic E-state index is 0.533. The third-order valence-electron chi connectivity index (χ3n) is 3.57. The summed E-state index contributed by atoms with van der Waals surface area (Å²) in [6.07, 6.45) is 4.58. The highest BCUT2D eigenvalue weighted by Gasteiger charge is 2.13. The molecular formula is C14H22ClN3. The quantitative estimate of drug-likeness (QED) is 0.765. The van der Waals surface area contributed by atoms with E-state index in [1.165, 1.54) is 31.5 Å². The van der Waals surface area contributed by atoms with Crippen LogP contribution in [0.5, 0.6) is 0 Å². The molecule has 100 valence electrons. The van der Waals surface area contributed by atoms with Crippen LogP contribution in [0.15, 0.2) is 12.3 Å². The van der Waals surface area contributed by atoms with E-state index < -0.39 is 0 Å². The third-order valence-corrected chi connectivity index (χ3v) is 3.88. The van der Waals surface area contributed by atoms with Gasteiger partial charge in [0.1, 0.15) is 5.82 Å². The van der Waals surface area contributed by atoms with Crippen LogP contribution in [0.4, 0.5) is 5.82 Å². The molecule has 0 atom stereocenters. The van der Waals surface area contributed by atoms with Crippen molar-refractivity contribution in [2.24, 2.45) is 0 Å². The molecule has 2 heterocycles. The van der Waals surface area contributed by atoms with Crippen molar-refractivity contribution in [1.29, 1.82) is 0 Å². The molecule has 1 fully saturated rings. The van der Waals surface area contributed by atoms with Gasteiger partial charge in [0.25, 0.3) is 0 Å². The number of pyridine rings is 1. The second-order valence-electron chi connectivity index (χ2n) is 5.09. The Morgan fingerprint density at radius 3 is 2.72 bits per heavy atom. The fourth-order valence-electron chi connectivity index (χ4n) is 2.50. The fourth-order valence-corrected chi connectivity index (χ4v) is 2.65. The maximum atomic E-state index is 5.82. The molecule has 0 N–H and O–H groups in total. The molecule has 0 aliphatic carbocycles. The highest BCUT2D eigenvalue weighted by molar-refractivity contribution is 6.17. The maximum Gasteiger partial charge on any atom is 0.131 e. The molecule has 1 aromatic heterocycles. The summed E-state index contributed by atoms with van der Waals surface area (Å²) in [4.78, 5) is 9.29. The molecule has 1 aromatic rings. The van der Waals surface area contributed by atoms with Crippen LogP contribution in [0.3, 0.4) is 0 Å². The summed E-state index contributed by atoms with van der Waals surface area (Å²) in [6.45, 7) is 6.78. The van der Waals surface area contributed by atoms with Crippen LogP contribution in [0.25, 0.3) is 0 Å². The number of likely N-dealkylation sites (tertiary alicyclic amines) is 1. The maximum absolute atomic E-state index is 5.82. The molecular weight excluding hydrogens is 246 g/mol. The molecule has 0 bridgehead atoms. The summed E-state index contributed by atoms with van der Waals surface area (Å²) in [6, 6.07) is 2.13. The molecule has 0 unspecified atom stereocenters. The van der Waals surface area contributed by atoms with Gasteiger partial charge in [-0.3, -0.25) is 0 Å². The Labute approximate surface area is 115 Å². The lowest BCUT2D eigenvalue weighted by molar-refractivity contribution is 0.346. The number of likely N-dealkylation sites (N-methyl/N-ethyl adjacent to an activating group) is 1. The Morgan fingerprint density at radius 1 is 1.39 bits per heavy atom. The molecule has 1 aliphatic rings. The predicted octanol–water partition coefficient (Wildman–Crippen LogP) is 2.66. The Morgan fingerprint density at radius 2 is 2.11 bits per heavy atom. The van der Waals surface area contributed by atoms with E-state index in [9.17, 15) is 0 Å². The number of hydrogen-bond donors (Lipinski definition) is 0. The van der Waals surface area contributed by atoms with Gasteiger partial charge >= 0.3 is 0 Å². The van der Waals surface area contributed by atoms with Gasteiger partial charge in [-0.05, 0) is 50.0 Å². The third kappa shape index (κ3) is 3.36. The van der Waals surface area contributed by atoms with E-state index in [2.05, 4.69) is 34.8 Å². The standard InChI is InChI=1S/C14H22ClN3/c1-12-9-13(10-15)11-16-14(12)17(2)7-8-18-5-3-4-6-18/h9,11H,3-8,10H2,1-2H3. The van der Waals surface area contributed by atoms with Crippen LogP contribution in [0, 0.1) is 6.92 Å². The van der Waals surface area contributed by atoms with Crippen molar-refractivity contribution in [1.82, 2.24) is 9.88 Å². The van der Waals surface area contributed by atoms with Gasteiger partial charge in [-0.25, -0.2) is 4.98 Å². The van der Waals surface area contributed by atoms with Crippen molar-refractivity contribution in [3.63, 3.8) is 0 Å². The van der Waals surface area contributed by atoms with Crippen molar-refractivity contribution >= 4 is 17.4 Å². The summed E-state index contributed by atoms with van der Waals surface area (Å²) in [5, 5.41) is 0. The van der Waals surface area contributed by atoms with E-state index in [0.717, 1.165) is 24.5 Å². The Hall–Kier alpha value is -0.800. The summed E-state index contributed by atoms with van der Waals surface area (Å²) in [7, 11) is 2.12. The summed E-state index contributed by atoms with van der Waals surface area (Å²) >= 11 is 5.82. The molecule has 1 aliphatic heterocycles. The molecule has 18 heavy (non-hydrogen) atoms. The lowest BCUT2D eigenvalue weighted by Gasteiger charge is -2.23. The zero-order valence-electron chi connectivity index (χ0n) is 11.3. The minimum Gasteiger partial charge on any atom is -0.358 e. The predicted molar refractivity (Wildman–Crippen MR) is 77.5 cm³/mol. The van der Waals surface area contributed by atoms with Gasteiger partial charge in [-0.2, -0.15) is 0 Å². The van der Waals surface area contributed by atoms with Crippen molar-refractivity contribution in [3.05, 3.63) is 23.4 Å². The highest BCUT2D eigenvalue weighted by Crippen LogP contribution is 2.18. The average Bonchev–Trinajstić information content (AvgIpc) is 2.88. The van der Waals surface area contributed by atoms with Crippen LogP contribution in [0.1, 0.15) is 24.0 Å². The summed E-state index contributed by atoms with van der Waals surface area (Å²) < 4.78 is 0. The monoisotopic (exact) mass is 267 g/mol. The lowest BCUT2D eigenvalue weighted by Crippen LogP contribution is -2.32. The number of aryl methyl sites for hydroxylation is 1. The number of alkyl halides is 1. The van der Waals surface area contributed by atoms with E-state index in [0.29, 0.717) is 5.88 Å². The number of nitrogens with zero attached hydrogens (tertiary/aromatic N) is 3. The number of hydrogen-bond acceptors (Lipinski definition) is 3. The van der Waals surface area contributed by atoms with Crippen LogP contribution in [-0.2, 0) is 5.88 Å². The van der Waals surface area contributed by atoms with E-state index >= 15 is 0 Å². The van der Waals surface area contributed by atoms with Crippen LogP contribution >= 0.6 is 11.6 Å². The van der Waals surface area contributed by atoms with Gasteiger partial charge in [-0.15, -0.1) is 11.6 Å². The van der Waals surface area contributed by atoms with Crippen LogP contribution < -0.4 is 4.90 Å². The van der Waals surface area contributed by atoms with Crippen LogP contribution in [-0.4, -0.2) is 43.1 Å².